The van der Waals surface area contributed by atoms with Crippen molar-refractivity contribution >= 4 is 40.7 Å². The van der Waals surface area contributed by atoms with Crippen LogP contribution in [0.15, 0.2) is 36.5 Å². The molecule has 0 spiro atoms. The van der Waals surface area contributed by atoms with Gasteiger partial charge < -0.3 is 15.0 Å². The van der Waals surface area contributed by atoms with Crippen LogP contribution in [0.3, 0.4) is 0 Å². The fourth-order valence-corrected chi connectivity index (χ4v) is 3.75. The van der Waals surface area contributed by atoms with Gasteiger partial charge in [0.25, 0.3) is 5.69 Å². The molecule has 176 valence electrons. The summed E-state index contributed by atoms with van der Waals surface area (Å²) in [7, 11) is 0. The number of carbonyl (C=O) groups is 2. The Hall–Kier alpha value is -3.24. The number of nitro groups is 1. The summed E-state index contributed by atoms with van der Waals surface area (Å²) in [5.74, 6) is 0.0652. The number of nitro benzene ring substituents is 1. The van der Waals surface area contributed by atoms with Crippen LogP contribution in [-0.4, -0.2) is 65.5 Å². The maximum Gasteiger partial charge on any atom is 0.339 e. The minimum absolute atomic E-state index is 0.144. The molecule has 1 aromatic heterocycles. The number of non-ortho nitro benzene ring substituents is 1. The van der Waals surface area contributed by atoms with Crippen LogP contribution in [0.5, 0.6) is 0 Å². The molecule has 3 rings (SSSR count). The Morgan fingerprint density at radius 2 is 2.03 bits per heavy atom. The molecule has 0 aliphatic carbocycles. The minimum atomic E-state index is -0.536. The van der Waals surface area contributed by atoms with E-state index in [1.54, 1.807) is 26.0 Å². The summed E-state index contributed by atoms with van der Waals surface area (Å²) in [5, 5.41) is 14.0. The lowest BCUT2D eigenvalue weighted by molar-refractivity contribution is -0.384. The maximum atomic E-state index is 12.8. The first kappa shape index (κ1) is 24.4. The highest BCUT2D eigenvalue weighted by atomic mass is 35.5. The molecule has 2 aromatic rings. The van der Waals surface area contributed by atoms with Crippen molar-refractivity contribution in [3.63, 3.8) is 0 Å². The Balaban J connectivity index is 1.61. The van der Waals surface area contributed by atoms with E-state index in [2.05, 4.69) is 15.2 Å². The summed E-state index contributed by atoms with van der Waals surface area (Å²) >= 11 is 6.10. The Morgan fingerprint density at radius 3 is 2.70 bits per heavy atom. The molecule has 2 heterocycles. The van der Waals surface area contributed by atoms with Crippen molar-refractivity contribution < 1.29 is 19.2 Å². The second-order valence-corrected chi connectivity index (χ2v) is 8.00. The number of hydrogen-bond acceptors (Lipinski definition) is 8. The summed E-state index contributed by atoms with van der Waals surface area (Å²) in [4.78, 5) is 43.7. The highest BCUT2D eigenvalue weighted by Gasteiger charge is 2.25. The molecule has 1 aromatic carbocycles. The molecule has 1 amide bonds. The van der Waals surface area contributed by atoms with Crippen LogP contribution < -0.4 is 10.2 Å². The molecular formula is C22H26ClN5O5. The van der Waals surface area contributed by atoms with E-state index in [9.17, 15) is 19.7 Å². The molecule has 1 aliphatic rings. The monoisotopic (exact) mass is 475 g/mol. The van der Waals surface area contributed by atoms with E-state index in [1.165, 1.54) is 24.4 Å². The van der Waals surface area contributed by atoms with Gasteiger partial charge in [-0.1, -0.05) is 11.6 Å². The molecule has 0 saturated carbocycles. The van der Waals surface area contributed by atoms with Gasteiger partial charge in [-0.15, -0.1) is 0 Å². The van der Waals surface area contributed by atoms with Gasteiger partial charge in [0.1, 0.15) is 5.82 Å². The summed E-state index contributed by atoms with van der Waals surface area (Å²) in [5.41, 5.74) is 0.474. The number of pyridine rings is 1. The molecule has 33 heavy (non-hydrogen) atoms. The lowest BCUT2D eigenvalue weighted by atomic mass is 10.2. The molecule has 10 nitrogen and oxygen atoms in total. The molecule has 1 saturated heterocycles. The molecule has 1 fully saturated rings. The zero-order valence-corrected chi connectivity index (χ0v) is 19.2. The molecule has 1 unspecified atom stereocenters. The summed E-state index contributed by atoms with van der Waals surface area (Å²) in [6, 6.07) is 6.97. The number of nitrogens with one attached hydrogen (secondary N) is 1. The van der Waals surface area contributed by atoms with E-state index in [0.29, 0.717) is 31.8 Å². The van der Waals surface area contributed by atoms with Gasteiger partial charge in [0.2, 0.25) is 5.91 Å². The van der Waals surface area contributed by atoms with Crippen LogP contribution in [-0.2, 0) is 9.53 Å². The van der Waals surface area contributed by atoms with Crippen molar-refractivity contribution in [1.82, 2.24) is 9.88 Å². The SMILES string of the molecule is CCOC(=O)c1ccc(N2CCCN(C(C)C(=O)Nc3cc([N+](=O)[O-])ccc3Cl)CC2)nc1. The predicted molar refractivity (Wildman–Crippen MR) is 125 cm³/mol. The first-order chi connectivity index (χ1) is 15.8. The van der Waals surface area contributed by atoms with E-state index in [4.69, 9.17) is 16.3 Å². The topological polar surface area (TPSA) is 118 Å². The lowest BCUT2D eigenvalue weighted by Crippen LogP contribution is -2.44. The fraction of sp³-hybridized carbons (Fsp3) is 0.409. The van der Waals surface area contributed by atoms with Crippen LogP contribution in [0.4, 0.5) is 17.2 Å². The van der Waals surface area contributed by atoms with Crippen molar-refractivity contribution in [2.45, 2.75) is 26.3 Å². The number of carbonyl (C=O) groups excluding carboxylic acids is 2. The van der Waals surface area contributed by atoms with E-state index in [1.807, 2.05) is 4.90 Å². The number of anilines is 2. The average Bonchev–Trinajstić information content (AvgIpc) is 3.06. The van der Waals surface area contributed by atoms with Gasteiger partial charge in [-0.2, -0.15) is 0 Å². The average molecular weight is 476 g/mol. The van der Waals surface area contributed by atoms with Crippen LogP contribution in [0.2, 0.25) is 5.02 Å². The third-order valence-electron chi connectivity index (χ3n) is 5.46. The third-order valence-corrected chi connectivity index (χ3v) is 5.79. The number of hydrogen-bond donors (Lipinski definition) is 1. The second kappa shape index (κ2) is 11.1. The van der Waals surface area contributed by atoms with Crippen molar-refractivity contribution in [1.29, 1.82) is 0 Å². The van der Waals surface area contributed by atoms with Gasteiger partial charge >= 0.3 is 5.97 Å². The number of esters is 1. The molecular weight excluding hydrogens is 450 g/mol. The number of aromatic nitrogens is 1. The first-order valence-corrected chi connectivity index (χ1v) is 11.0. The quantitative estimate of drug-likeness (QED) is 0.368. The summed E-state index contributed by atoms with van der Waals surface area (Å²) in [6.45, 7) is 6.59. The number of rotatable bonds is 7. The molecule has 11 heteroatoms. The number of benzene rings is 1. The van der Waals surface area contributed by atoms with Gasteiger partial charge in [0.05, 0.1) is 33.8 Å². The van der Waals surface area contributed by atoms with Crippen molar-refractivity contribution in [3.8, 4) is 0 Å². The summed E-state index contributed by atoms with van der Waals surface area (Å²) in [6.07, 6.45) is 2.32. The Morgan fingerprint density at radius 1 is 1.24 bits per heavy atom. The van der Waals surface area contributed by atoms with Crippen LogP contribution >= 0.6 is 11.6 Å². The standard InChI is InChI=1S/C22H26ClN5O5/c1-3-33-22(30)16-5-8-20(24-14-16)27-10-4-9-26(11-12-27)15(2)21(29)25-19-13-17(28(31)32)6-7-18(19)23/h5-8,13-15H,3-4,9-12H2,1-2H3,(H,25,29). The van der Waals surface area contributed by atoms with Crippen molar-refractivity contribution in [2.24, 2.45) is 0 Å². The normalized spacial score (nSPS) is 15.4. The van der Waals surface area contributed by atoms with Crippen molar-refractivity contribution in [3.05, 3.63) is 57.2 Å². The van der Waals surface area contributed by atoms with E-state index >= 15 is 0 Å². The minimum Gasteiger partial charge on any atom is -0.462 e. The van der Waals surface area contributed by atoms with Gasteiger partial charge in [0, 0.05) is 44.5 Å². The Labute approximate surface area is 196 Å². The van der Waals surface area contributed by atoms with Gasteiger partial charge in [-0.05, 0) is 38.5 Å². The molecule has 0 radical (unpaired) electrons. The zero-order valence-electron chi connectivity index (χ0n) is 18.5. The van der Waals surface area contributed by atoms with Gasteiger partial charge in [-0.3, -0.25) is 19.8 Å². The van der Waals surface area contributed by atoms with Crippen molar-refractivity contribution in [2.75, 3.05) is 43.0 Å². The highest BCUT2D eigenvalue weighted by molar-refractivity contribution is 6.33. The van der Waals surface area contributed by atoms with E-state index < -0.39 is 16.9 Å². The molecule has 1 N–H and O–H groups in total. The van der Waals surface area contributed by atoms with E-state index in [-0.39, 0.29) is 22.3 Å². The summed E-state index contributed by atoms with van der Waals surface area (Å²) < 4.78 is 4.99. The molecule has 0 bridgehead atoms. The van der Waals surface area contributed by atoms with Crippen LogP contribution in [0.25, 0.3) is 0 Å². The number of amides is 1. The Kier molecular flexibility index (Phi) is 8.18. The first-order valence-electron chi connectivity index (χ1n) is 10.7. The number of nitrogens with zero attached hydrogens (tertiary/aromatic N) is 4. The highest BCUT2D eigenvalue weighted by Crippen LogP contribution is 2.27. The maximum absolute atomic E-state index is 12.8. The fourth-order valence-electron chi connectivity index (χ4n) is 3.59. The Bertz CT molecular complexity index is 1020. The van der Waals surface area contributed by atoms with Gasteiger partial charge in [0.15, 0.2) is 0 Å². The van der Waals surface area contributed by atoms with Crippen LogP contribution in [0.1, 0.15) is 30.6 Å². The molecule has 1 atom stereocenters. The smallest absolute Gasteiger partial charge is 0.339 e. The van der Waals surface area contributed by atoms with Crippen LogP contribution in [0, 0.1) is 10.1 Å². The number of halogens is 1. The zero-order chi connectivity index (χ0) is 24.0. The van der Waals surface area contributed by atoms with E-state index in [0.717, 1.165) is 18.8 Å². The lowest BCUT2D eigenvalue weighted by Gasteiger charge is -2.27. The number of ether oxygens (including phenoxy) is 1. The molecule has 1 aliphatic heterocycles. The predicted octanol–water partition coefficient (Wildman–Crippen LogP) is 3.36. The largest absolute Gasteiger partial charge is 0.462 e. The third kappa shape index (κ3) is 6.17. The van der Waals surface area contributed by atoms with Gasteiger partial charge in [-0.25, -0.2) is 9.78 Å². The second-order valence-electron chi connectivity index (χ2n) is 7.59.